The minimum atomic E-state index is -4.58. The van der Waals surface area contributed by atoms with Crippen LogP contribution in [0.4, 0.5) is 17.6 Å². The van der Waals surface area contributed by atoms with E-state index in [0.717, 1.165) is 25.2 Å². The van der Waals surface area contributed by atoms with Gasteiger partial charge in [-0.15, -0.1) is 0 Å². The third-order valence-corrected chi connectivity index (χ3v) is 3.63. The van der Waals surface area contributed by atoms with Gasteiger partial charge in [0.2, 0.25) is 0 Å². The second-order valence-corrected chi connectivity index (χ2v) is 5.09. The van der Waals surface area contributed by atoms with Crippen LogP contribution in [0.15, 0.2) is 18.2 Å². The van der Waals surface area contributed by atoms with Crippen LogP contribution < -0.4 is 5.32 Å². The lowest BCUT2D eigenvalue weighted by molar-refractivity contribution is -0.137. The number of nitrogens with zero attached hydrogens (tertiary/aromatic N) is 1. The predicted octanol–water partition coefficient (Wildman–Crippen LogP) is 2.17. The summed E-state index contributed by atoms with van der Waals surface area (Å²) in [5, 5.41) is 12.3. The number of nitrogens with one attached hydrogen (secondary N) is 1. The first-order valence-corrected chi connectivity index (χ1v) is 6.85. The smallest absolute Gasteiger partial charge is 0.396 e. The molecule has 1 heterocycles. The van der Waals surface area contributed by atoms with Crippen LogP contribution in [0.2, 0.25) is 0 Å². The molecule has 0 amide bonds. The molecule has 0 unspecified atom stereocenters. The SMILES string of the molecule is OCC[C@H](c1cc(F)cc(C(F)(F)F)c1)N1CCNCC1. The van der Waals surface area contributed by atoms with Gasteiger partial charge in [0.25, 0.3) is 0 Å². The highest BCUT2D eigenvalue weighted by Gasteiger charge is 2.32. The summed E-state index contributed by atoms with van der Waals surface area (Å²) in [5.41, 5.74) is -0.728. The van der Waals surface area contributed by atoms with Gasteiger partial charge in [-0.3, -0.25) is 4.90 Å². The fourth-order valence-corrected chi connectivity index (χ4v) is 2.64. The molecule has 1 aromatic rings. The number of hydrogen-bond donors (Lipinski definition) is 2. The van der Waals surface area contributed by atoms with Crippen LogP contribution >= 0.6 is 0 Å². The van der Waals surface area contributed by atoms with Crippen molar-refractivity contribution < 1.29 is 22.7 Å². The number of hydrogen-bond acceptors (Lipinski definition) is 3. The molecular formula is C14H18F4N2O. The second-order valence-electron chi connectivity index (χ2n) is 5.09. The normalized spacial score (nSPS) is 18.7. The summed E-state index contributed by atoms with van der Waals surface area (Å²) in [5.74, 6) is -0.905. The largest absolute Gasteiger partial charge is 0.416 e. The zero-order chi connectivity index (χ0) is 15.5. The maximum absolute atomic E-state index is 13.5. The molecule has 1 fully saturated rings. The van der Waals surface area contributed by atoms with E-state index in [-0.39, 0.29) is 18.6 Å². The van der Waals surface area contributed by atoms with Crippen LogP contribution in [0.1, 0.15) is 23.6 Å². The van der Waals surface area contributed by atoms with Crippen molar-refractivity contribution in [1.82, 2.24) is 10.2 Å². The lowest BCUT2D eigenvalue weighted by Crippen LogP contribution is -2.45. The summed E-state index contributed by atoms with van der Waals surface area (Å²) >= 11 is 0. The first kappa shape index (κ1) is 16.2. The molecule has 0 aliphatic carbocycles. The van der Waals surface area contributed by atoms with E-state index in [2.05, 4.69) is 5.32 Å². The van der Waals surface area contributed by atoms with Gasteiger partial charge in [-0.25, -0.2) is 4.39 Å². The molecule has 2 rings (SSSR count). The summed E-state index contributed by atoms with van der Waals surface area (Å²) in [6.07, 6.45) is -4.30. The first-order valence-electron chi connectivity index (χ1n) is 6.85. The van der Waals surface area contributed by atoms with E-state index in [9.17, 15) is 17.6 Å². The van der Waals surface area contributed by atoms with Crippen LogP contribution in [0.5, 0.6) is 0 Å². The molecule has 0 radical (unpaired) electrons. The van der Waals surface area contributed by atoms with E-state index >= 15 is 0 Å². The quantitative estimate of drug-likeness (QED) is 0.837. The highest BCUT2D eigenvalue weighted by molar-refractivity contribution is 5.29. The van der Waals surface area contributed by atoms with Crippen molar-refractivity contribution in [3.8, 4) is 0 Å². The highest BCUT2D eigenvalue weighted by Crippen LogP contribution is 2.33. The average molecular weight is 306 g/mol. The number of benzene rings is 1. The lowest BCUT2D eigenvalue weighted by Gasteiger charge is -2.35. The van der Waals surface area contributed by atoms with Crippen LogP contribution in [-0.4, -0.2) is 42.8 Å². The van der Waals surface area contributed by atoms with Gasteiger partial charge in [-0.2, -0.15) is 13.2 Å². The molecule has 21 heavy (non-hydrogen) atoms. The average Bonchev–Trinajstić information content (AvgIpc) is 2.44. The Balaban J connectivity index is 2.32. The topological polar surface area (TPSA) is 35.5 Å². The Morgan fingerprint density at radius 2 is 1.86 bits per heavy atom. The standard InChI is InChI=1S/C14H18F4N2O/c15-12-8-10(7-11(9-12)14(16,17)18)13(1-6-21)20-4-2-19-3-5-20/h7-9,13,19,21H,1-6H2/t13-/m1/s1. The Bertz CT molecular complexity index is 473. The summed E-state index contributed by atoms with van der Waals surface area (Å²) in [4.78, 5) is 1.97. The van der Waals surface area contributed by atoms with Gasteiger partial charge in [0.05, 0.1) is 5.56 Å². The van der Waals surface area contributed by atoms with Gasteiger partial charge < -0.3 is 10.4 Å². The van der Waals surface area contributed by atoms with Crippen molar-refractivity contribution in [2.75, 3.05) is 32.8 Å². The van der Waals surface area contributed by atoms with E-state index in [1.807, 2.05) is 4.90 Å². The number of halogens is 4. The zero-order valence-electron chi connectivity index (χ0n) is 11.5. The Morgan fingerprint density at radius 3 is 2.43 bits per heavy atom. The van der Waals surface area contributed by atoms with Crippen LogP contribution in [0, 0.1) is 5.82 Å². The molecule has 0 bridgehead atoms. The molecule has 7 heteroatoms. The molecule has 2 N–H and O–H groups in total. The van der Waals surface area contributed by atoms with E-state index < -0.39 is 23.6 Å². The monoisotopic (exact) mass is 306 g/mol. The van der Waals surface area contributed by atoms with E-state index in [1.54, 1.807) is 0 Å². The maximum Gasteiger partial charge on any atom is 0.416 e. The van der Waals surface area contributed by atoms with Crippen LogP contribution in [0.3, 0.4) is 0 Å². The third-order valence-electron chi connectivity index (χ3n) is 3.63. The Morgan fingerprint density at radius 1 is 1.19 bits per heavy atom. The summed E-state index contributed by atoms with van der Waals surface area (Å²) in [6, 6.07) is 2.19. The summed E-state index contributed by atoms with van der Waals surface area (Å²) in [7, 11) is 0. The van der Waals surface area contributed by atoms with Gasteiger partial charge in [-0.05, 0) is 30.2 Å². The van der Waals surface area contributed by atoms with Crippen molar-refractivity contribution in [1.29, 1.82) is 0 Å². The number of rotatable bonds is 4. The summed E-state index contributed by atoms with van der Waals surface area (Å²) < 4.78 is 51.9. The molecule has 1 aliphatic rings. The molecule has 1 atom stereocenters. The van der Waals surface area contributed by atoms with Crippen LogP contribution in [0.25, 0.3) is 0 Å². The second kappa shape index (κ2) is 6.72. The first-order chi connectivity index (χ1) is 9.91. The van der Waals surface area contributed by atoms with Gasteiger partial charge in [0, 0.05) is 38.8 Å². The van der Waals surface area contributed by atoms with E-state index in [1.165, 1.54) is 0 Å². The van der Waals surface area contributed by atoms with Gasteiger partial charge in [0.1, 0.15) is 5.82 Å². The number of aliphatic hydroxyl groups is 1. The zero-order valence-corrected chi connectivity index (χ0v) is 11.5. The molecule has 0 saturated carbocycles. The van der Waals surface area contributed by atoms with Gasteiger partial charge >= 0.3 is 6.18 Å². The van der Waals surface area contributed by atoms with Crippen molar-refractivity contribution >= 4 is 0 Å². The van der Waals surface area contributed by atoms with Gasteiger partial charge in [0.15, 0.2) is 0 Å². The Hall–Kier alpha value is -1.18. The molecule has 3 nitrogen and oxygen atoms in total. The fraction of sp³-hybridized carbons (Fsp3) is 0.571. The fourth-order valence-electron chi connectivity index (χ4n) is 2.64. The van der Waals surface area contributed by atoms with E-state index in [4.69, 9.17) is 5.11 Å². The van der Waals surface area contributed by atoms with Crippen molar-refractivity contribution in [2.24, 2.45) is 0 Å². The molecule has 1 saturated heterocycles. The third kappa shape index (κ3) is 4.15. The van der Waals surface area contributed by atoms with Crippen molar-refractivity contribution in [3.05, 3.63) is 35.1 Å². The Labute approximate surface area is 120 Å². The molecule has 0 spiro atoms. The maximum atomic E-state index is 13.5. The molecule has 1 aromatic carbocycles. The summed E-state index contributed by atoms with van der Waals surface area (Å²) in [6.45, 7) is 2.60. The minimum absolute atomic E-state index is 0.160. The number of aliphatic hydroxyl groups excluding tert-OH is 1. The Kier molecular flexibility index (Phi) is 5.18. The van der Waals surface area contributed by atoms with Crippen LogP contribution in [-0.2, 0) is 6.18 Å². The minimum Gasteiger partial charge on any atom is -0.396 e. The molecule has 1 aliphatic heterocycles. The number of alkyl halides is 3. The predicted molar refractivity (Wildman–Crippen MR) is 70.3 cm³/mol. The molecule has 118 valence electrons. The van der Waals surface area contributed by atoms with Crippen molar-refractivity contribution in [3.63, 3.8) is 0 Å². The van der Waals surface area contributed by atoms with Crippen molar-refractivity contribution in [2.45, 2.75) is 18.6 Å². The lowest BCUT2D eigenvalue weighted by atomic mass is 9.99. The van der Waals surface area contributed by atoms with E-state index in [0.29, 0.717) is 19.2 Å². The number of piperazine rings is 1. The molecule has 0 aromatic heterocycles. The molecular weight excluding hydrogens is 288 g/mol. The van der Waals surface area contributed by atoms with Gasteiger partial charge in [-0.1, -0.05) is 0 Å². The highest BCUT2D eigenvalue weighted by atomic mass is 19.4.